The van der Waals surface area contributed by atoms with Gasteiger partial charge in [-0.2, -0.15) is 0 Å². The molecule has 2 nitrogen and oxygen atoms in total. The Morgan fingerprint density at radius 2 is 1.53 bits per heavy atom. The lowest BCUT2D eigenvalue weighted by molar-refractivity contribution is -0.139. The van der Waals surface area contributed by atoms with E-state index in [9.17, 15) is 9.90 Å². The lowest BCUT2D eigenvalue weighted by Crippen LogP contribution is -2.25. The fourth-order valence-electron chi connectivity index (χ4n) is 1.95. The molecule has 0 aromatic heterocycles. The molecule has 0 saturated heterocycles. The monoisotopic (exact) mass is 270 g/mol. The Labute approximate surface area is 117 Å². The van der Waals surface area contributed by atoms with Crippen molar-refractivity contribution in [3.05, 3.63) is 71.8 Å². The molecule has 0 saturated carbocycles. The zero-order valence-corrected chi connectivity index (χ0v) is 11.1. The summed E-state index contributed by atoms with van der Waals surface area (Å²) in [5.74, 6) is -1.54. The van der Waals surface area contributed by atoms with Crippen molar-refractivity contribution in [2.75, 3.05) is 0 Å². The molecule has 2 aromatic rings. The van der Waals surface area contributed by atoms with Crippen LogP contribution in [0.4, 0.5) is 0 Å². The van der Waals surface area contributed by atoms with Gasteiger partial charge in [0.2, 0.25) is 0 Å². The highest BCUT2D eigenvalue weighted by Crippen LogP contribution is 2.16. The Hall–Kier alpha value is -2.00. The lowest BCUT2D eigenvalue weighted by atomic mass is 9.92. The normalized spacial score (nSPS) is 11.8. The minimum absolute atomic E-state index is 0.421. The average molecular weight is 270 g/mol. The molecule has 0 amide bonds. The number of hydrogen-bond donors (Lipinski definition) is 1. The average Bonchev–Trinajstić information content (AvgIpc) is 2.46. The second-order valence-corrected chi connectivity index (χ2v) is 4.75. The Morgan fingerprint density at radius 3 is 2.05 bits per heavy atom. The third kappa shape index (κ3) is 3.48. The smallest absolute Gasteiger partial charge is 0.312 e. The van der Waals surface area contributed by atoms with Crippen molar-refractivity contribution in [2.24, 2.45) is 5.92 Å². The van der Waals surface area contributed by atoms with Gasteiger partial charge in [0.1, 0.15) is 0 Å². The molecule has 0 aliphatic heterocycles. The Balaban J connectivity index is 2.22. The van der Waals surface area contributed by atoms with E-state index < -0.39 is 11.9 Å². The molecular weight excluding hydrogens is 256 g/mol. The van der Waals surface area contributed by atoms with E-state index >= 15 is 0 Å². The summed E-state index contributed by atoms with van der Waals surface area (Å²) in [6, 6.07) is 18.9. The lowest BCUT2D eigenvalue weighted by Gasteiger charge is -2.14. The van der Waals surface area contributed by atoms with Gasteiger partial charge in [0.05, 0.1) is 5.92 Å². The van der Waals surface area contributed by atoms with Crippen LogP contribution in [0.2, 0.25) is 0 Å². The van der Waals surface area contributed by atoms with E-state index in [0.29, 0.717) is 11.3 Å². The van der Waals surface area contributed by atoms with Crippen molar-refractivity contribution in [3.8, 4) is 0 Å². The summed E-state index contributed by atoms with van der Waals surface area (Å²) in [7, 11) is 0. The Morgan fingerprint density at radius 1 is 1.00 bits per heavy atom. The quantitative estimate of drug-likeness (QED) is 0.668. The topological polar surface area (TPSA) is 37.3 Å². The molecule has 96 valence electrons. The maximum Gasteiger partial charge on any atom is 0.312 e. The molecule has 19 heavy (non-hydrogen) atoms. The molecule has 0 fully saturated rings. The summed E-state index contributed by atoms with van der Waals surface area (Å²) in [5.41, 5.74) is 1.79. The van der Waals surface area contributed by atoms with E-state index in [1.54, 1.807) is 0 Å². The van der Waals surface area contributed by atoms with Gasteiger partial charge in [0.15, 0.2) is 0 Å². The van der Waals surface area contributed by atoms with Gasteiger partial charge in [-0.3, -0.25) is 4.79 Å². The standard InChI is InChI=1S/C16H14O2S/c17-16(18)14(11-12-7-3-1-4-8-12)15(19)13-9-5-2-6-10-13/h1-10,14H,11H2,(H,17,18). The number of thiocarbonyl (C=S) groups is 1. The molecule has 1 atom stereocenters. The maximum atomic E-state index is 11.4. The van der Waals surface area contributed by atoms with Crippen molar-refractivity contribution >= 4 is 23.1 Å². The molecule has 3 heteroatoms. The molecule has 0 heterocycles. The third-order valence-corrected chi connectivity index (χ3v) is 3.48. The zero-order valence-electron chi connectivity index (χ0n) is 10.3. The van der Waals surface area contributed by atoms with Gasteiger partial charge in [-0.1, -0.05) is 72.9 Å². The predicted octanol–water partition coefficient (Wildman–Crippen LogP) is 3.35. The van der Waals surface area contributed by atoms with E-state index in [1.807, 2.05) is 60.7 Å². The molecule has 0 spiro atoms. The molecule has 0 bridgehead atoms. The second kappa shape index (κ2) is 6.25. The summed E-state index contributed by atoms with van der Waals surface area (Å²) in [5, 5.41) is 9.38. The number of hydrogen-bond acceptors (Lipinski definition) is 2. The SMILES string of the molecule is O=C(O)C(Cc1ccccc1)C(=S)c1ccccc1. The summed E-state index contributed by atoms with van der Waals surface area (Å²) < 4.78 is 0. The van der Waals surface area contributed by atoms with Gasteiger partial charge in [-0.25, -0.2) is 0 Å². The highest BCUT2D eigenvalue weighted by molar-refractivity contribution is 7.81. The van der Waals surface area contributed by atoms with Gasteiger partial charge in [0, 0.05) is 4.86 Å². The first-order valence-corrected chi connectivity index (χ1v) is 6.45. The van der Waals surface area contributed by atoms with Gasteiger partial charge >= 0.3 is 5.97 Å². The molecule has 2 aromatic carbocycles. The van der Waals surface area contributed by atoms with Crippen LogP contribution in [-0.4, -0.2) is 15.9 Å². The van der Waals surface area contributed by atoms with Crippen LogP contribution in [0.25, 0.3) is 0 Å². The highest BCUT2D eigenvalue weighted by atomic mass is 32.1. The highest BCUT2D eigenvalue weighted by Gasteiger charge is 2.23. The number of carboxylic acids is 1. The van der Waals surface area contributed by atoms with Crippen LogP contribution in [0, 0.1) is 5.92 Å². The minimum Gasteiger partial charge on any atom is -0.481 e. The van der Waals surface area contributed by atoms with Crippen LogP contribution in [0.5, 0.6) is 0 Å². The van der Waals surface area contributed by atoms with E-state index in [0.717, 1.165) is 11.1 Å². The molecule has 1 unspecified atom stereocenters. The molecule has 2 rings (SSSR count). The van der Waals surface area contributed by atoms with Crippen molar-refractivity contribution in [1.82, 2.24) is 0 Å². The van der Waals surface area contributed by atoms with E-state index in [4.69, 9.17) is 12.2 Å². The number of carbonyl (C=O) groups is 1. The Kier molecular flexibility index (Phi) is 4.42. The Bertz CT molecular complexity index is 564. The predicted molar refractivity (Wildman–Crippen MR) is 79.4 cm³/mol. The van der Waals surface area contributed by atoms with Crippen LogP contribution in [0.15, 0.2) is 60.7 Å². The first-order valence-electron chi connectivity index (χ1n) is 6.04. The molecule has 0 aliphatic carbocycles. The second-order valence-electron chi connectivity index (χ2n) is 4.31. The largest absolute Gasteiger partial charge is 0.481 e. The first kappa shape index (κ1) is 13.4. The molecule has 1 N–H and O–H groups in total. The molecule has 0 aliphatic rings. The summed E-state index contributed by atoms with van der Waals surface area (Å²) in [6.07, 6.45) is 0.421. The van der Waals surface area contributed by atoms with Crippen molar-refractivity contribution in [1.29, 1.82) is 0 Å². The number of aliphatic carboxylic acids is 1. The fourth-order valence-corrected chi connectivity index (χ4v) is 2.27. The summed E-state index contributed by atoms with van der Waals surface area (Å²) >= 11 is 5.34. The van der Waals surface area contributed by atoms with Gasteiger partial charge < -0.3 is 5.11 Å². The van der Waals surface area contributed by atoms with Crippen LogP contribution >= 0.6 is 12.2 Å². The van der Waals surface area contributed by atoms with E-state index in [2.05, 4.69) is 0 Å². The van der Waals surface area contributed by atoms with E-state index in [-0.39, 0.29) is 0 Å². The first-order chi connectivity index (χ1) is 9.18. The maximum absolute atomic E-state index is 11.4. The molecule has 0 radical (unpaired) electrons. The number of benzene rings is 2. The third-order valence-electron chi connectivity index (χ3n) is 2.96. The number of carboxylic acid groups (broad SMARTS) is 1. The van der Waals surface area contributed by atoms with Gasteiger partial charge in [-0.05, 0) is 17.5 Å². The van der Waals surface area contributed by atoms with Gasteiger partial charge in [0.25, 0.3) is 0 Å². The van der Waals surface area contributed by atoms with Gasteiger partial charge in [-0.15, -0.1) is 0 Å². The van der Waals surface area contributed by atoms with Crippen molar-refractivity contribution < 1.29 is 9.90 Å². The summed E-state index contributed by atoms with van der Waals surface area (Å²) in [6.45, 7) is 0. The van der Waals surface area contributed by atoms with Crippen molar-refractivity contribution in [2.45, 2.75) is 6.42 Å². The zero-order chi connectivity index (χ0) is 13.7. The van der Waals surface area contributed by atoms with Crippen LogP contribution in [-0.2, 0) is 11.2 Å². The summed E-state index contributed by atoms with van der Waals surface area (Å²) in [4.78, 5) is 11.9. The molecular formula is C16H14O2S. The fraction of sp³-hybridized carbons (Fsp3) is 0.125. The van der Waals surface area contributed by atoms with E-state index in [1.165, 1.54) is 0 Å². The van der Waals surface area contributed by atoms with Crippen LogP contribution < -0.4 is 0 Å². The number of rotatable bonds is 5. The minimum atomic E-state index is -0.877. The van der Waals surface area contributed by atoms with Crippen LogP contribution in [0.1, 0.15) is 11.1 Å². The van der Waals surface area contributed by atoms with Crippen LogP contribution in [0.3, 0.4) is 0 Å². The van der Waals surface area contributed by atoms with Crippen molar-refractivity contribution in [3.63, 3.8) is 0 Å².